The number of aliphatic hydroxyl groups is 1. The minimum absolute atomic E-state index is 0.363. The standard InChI is InChI=1S/C19H21BrO4/c1-23-19(22)17(18(21)15-7-9-16(20)10-8-15)11-12-24-13-14-5-3-2-4-6-14/h2-10,17-18,21H,11-13H2,1H3/t17-,18+/m0/s1. The third-order valence-corrected chi connectivity index (χ3v) is 4.31. The third-order valence-electron chi connectivity index (χ3n) is 3.78. The summed E-state index contributed by atoms with van der Waals surface area (Å²) in [6.45, 7) is 0.839. The van der Waals surface area contributed by atoms with E-state index in [1.165, 1.54) is 7.11 Å². The molecular weight excluding hydrogens is 372 g/mol. The second kappa shape index (κ2) is 9.57. The summed E-state index contributed by atoms with van der Waals surface area (Å²) >= 11 is 3.35. The van der Waals surface area contributed by atoms with Gasteiger partial charge in [0.2, 0.25) is 0 Å². The van der Waals surface area contributed by atoms with Gasteiger partial charge in [-0.3, -0.25) is 4.79 Å². The van der Waals surface area contributed by atoms with Crippen molar-refractivity contribution in [2.75, 3.05) is 13.7 Å². The van der Waals surface area contributed by atoms with Crippen molar-refractivity contribution in [2.45, 2.75) is 19.1 Å². The molecular formula is C19H21BrO4. The predicted octanol–water partition coefficient (Wildman–Crippen LogP) is 3.88. The third kappa shape index (κ3) is 5.44. The Morgan fingerprint density at radius 2 is 1.79 bits per heavy atom. The summed E-state index contributed by atoms with van der Waals surface area (Å²) in [4.78, 5) is 12.0. The van der Waals surface area contributed by atoms with Crippen molar-refractivity contribution >= 4 is 21.9 Å². The highest BCUT2D eigenvalue weighted by atomic mass is 79.9. The van der Waals surface area contributed by atoms with E-state index in [0.29, 0.717) is 25.2 Å². The largest absolute Gasteiger partial charge is 0.469 e. The molecule has 0 amide bonds. The predicted molar refractivity (Wildman–Crippen MR) is 95.3 cm³/mol. The molecule has 0 heterocycles. The lowest BCUT2D eigenvalue weighted by atomic mass is 9.93. The van der Waals surface area contributed by atoms with Crippen LogP contribution in [0.15, 0.2) is 59.1 Å². The number of rotatable bonds is 8. The van der Waals surface area contributed by atoms with Crippen molar-refractivity contribution in [2.24, 2.45) is 5.92 Å². The van der Waals surface area contributed by atoms with Crippen molar-refractivity contribution in [3.8, 4) is 0 Å². The van der Waals surface area contributed by atoms with Crippen LogP contribution in [0.4, 0.5) is 0 Å². The van der Waals surface area contributed by atoms with E-state index in [2.05, 4.69) is 15.9 Å². The molecule has 0 radical (unpaired) electrons. The molecule has 0 saturated carbocycles. The minimum Gasteiger partial charge on any atom is -0.469 e. The number of esters is 1. The zero-order valence-electron chi connectivity index (χ0n) is 13.5. The van der Waals surface area contributed by atoms with Gasteiger partial charge in [0, 0.05) is 11.1 Å². The van der Waals surface area contributed by atoms with Crippen LogP contribution in [0.1, 0.15) is 23.7 Å². The first-order chi connectivity index (χ1) is 11.6. The van der Waals surface area contributed by atoms with Crippen LogP contribution in [-0.4, -0.2) is 24.8 Å². The van der Waals surface area contributed by atoms with Gasteiger partial charge in [-0.1, -0.05) is 58.4 Å². The lowest BCUT2D eigenvalue weighted by Crippen LogP contribution is -2.25. The van der Waals surface area contributed by atoms with E-state index < -0.39 is 18.0 Å². The van der Waals surface area contributed by atoms with Crippen molar-refractivity contribution in [1.82, 2.24) is 0 Å². The molecule has 2 aromatic carbocycles. The van der Waals surface area contributed by atoms with E-state index in [0.717, 1.165) is 10.0 Å². The van der Waals surface area contributed by atoms with Gasteiger partial charge in [-0.2, -0.15) is 0 Å². The van der Waals surface area contributed by atoms with Crippen LogP contribution in [0.3, 0.4) is 0 Å². The summed E-state index contributed by atoms with van der Waals surface area (Å²) in [6.07, 6.45) is -0.539. The maximum absolute atomic E-state index is 12.0. The van der Waals surface area contributed by atoms with Gasteiger partial charge in [-0.15, -0.1) is 0 Å². The Balaban J connectivity index is 1.92. The van der Waals surface area contributed by atoms with Crippen LogP contribution >= 0.6 is 15.9 Å². The van der Waals surface area contributed by atoms with Gasteiger partial charge in [-0.05, 0) is 29.7 Å². The Hall–Kier alpha value is -1.69. The molecule has 0 aliphatic heterocycles. The van der Waals surface area contributed by atoms with E-state index >= 15 is 0 Å². The first kappa shape index (κ1) is 18.6. The number of hydrogen-bond acceptors (Lipinski definition) is 4. The minimum atomic E-state index is -0.925. The van der Waals surface area contributed by atoms with Gasteiger partial charge in [0.25, 0.3) is 0 Å². The van der Waals surface area contributed by atoms with Gasteiger partial charge >= 0.3 is 5.97 Å². The zero-order chi connectivity index (χ0) is 17.4. The summed E-state index contributed by atoms with van der Waals surface area (Å²) in [7, 11) is 1.33. The van der Waals surface area contributed by atoms with Crippen molar-refractivity contribution in [1.29, 1.82) is 0 Å². The second-order valence-corrected chi connectivity index (χ2v) is 6.37. The fraction of sp³-hybridized carbons (Fsp3) is 0.316. The molecule has 24 heavy (non-hydrogen) atoms. The molecule has 2 atom stereocenters. The number of aliphatic hydroxyl groups excluding tert-OH is 1. The second-order valence-electron chi connectivity index (χ2n) is 5.45. The molecule has 0 unspecified atom stereocenters. The van der Waals surface area contributed by atoms with Crippen LogP contribution in [0, 0.1) is 5.92 Å². The van der Waals surface area contributed by atoms with Crippen molar-refractivity contribution in [3.63, 3.8) is 0 Å². The van der Waals surface area contributed by atoms with E-state index in [1.54, 1.807) is 12.1 Å². The van der Waals surface area contributed by atoms with Crippen LogP contribution in [0.2, 0.25) is 0 Å². The number of hydrogen-bond donors (Lipinski definition) is 1. The van der Waals surface area contributed by atoms with Crippen LogP contribution < -0.4 is 0 Å². The Morgan fingerprint density at radius 3 is 2.42 bits per heavy atom. The molecule has 0 bridgehead atoms. The molecule has 0 aliphatic carbocycles. The molecule has 0 aromatic heterocycles. The molecule has 128 valence electrons. The summed E-state index contributed by atoms with van der Waals surface area (Å²) in [5.74, 6) is -1.10. The lowest BCUT2D eigenvalue weighted by molar-refractivity contribution is -0.150. The fourth-order valence-electron chi connectivity index (χ4n) is 2.42. The van der Waals surface area contributed by atoms with Gasteiger partial charge in [0.1, 0.15) is 0 Å². The van der Waals surface area contributed by atoms with E-state index in [1.807, 2.05) is 42.5 Å². The van der Waals surface area contributed by atoms with Crippen LogP contribution in [0.5, 0.6) is 0 Å². The lowest BCUT2D eigenvalue weighted by Gasteiger charge is -2.21. The van der Waals surface area contributed by atoms with Crippen LogP contribution in [-0.2, 0) is 20.9 Å². The van der Waals surface area contributed by atoms with Gasteiger partial charge in [-0.25, -0.2) is 0 Å². The number of methoxy groups -OCH3 is 1. The number of carbonyl (C=O) groups excluding carboxylic acids is 1. The van der Waals surface area contributed by atoms with E-state index in [4.69, 9.17) is 9.47 Å². The van der Waals surface area contributed by atoms with Crippen molar-refractivity contribution < 1.29 is 19.4 Å². The SMILES string of the molecule is COC(=O)[C@@H](CCOCc1ccccc1)[C@H](O)c1ccc(Br)cc1. The first-order valence-corrected chi connectivity index (χ1v) is 8.54. The van der Waals surface area contributed by atoms with Gasteiger partial charge < -0.3 is 14.6 Å². The van der Waals surface area contributed by atoms with E-state index in [-0.39, 0.29) is 0 Å². The number of benzene rings is 2. The molecule has 0 fully saturated rings. The van der Waals surface area contributed by atoms with Gasteiger partial charge in [0.05, 0.1) is 25.7 Å². The molecule has 5 heteroatoms. The smallest absolute Gasteiger partial charge is 0.311 e. The maximum atomic E-state index is 12.0. The molecule has 0 aliphatic rings. The zero-order valence-corrected chi connectivity index (χ0v) is 15.1. The molecule has 2 aromatic rings. The average Bonchev–Trinajstić information content (AvgIpc) is 2.62. The maximum Gasteiger partial charge on any atom is 0.311 e. The first-order valence-electron chi connectivity index (χ1n) is 7.75. The summed E-state index contributed by atoms with van der Waals surface area (Å²) in [6, 6.07) is 17.1. The number of carbonyl (C=O) groups is 1. The molecule has 2 rings (SSSR count). The molecule has 1 N–H and O–H groups in total. The summed E-state index contributed by atoms with van der Waals surface area (Å²) < 4.78 is 11.4. The molecule has 0 spiro atoms. The fourth-order valence-corrected chi connectivity index (χ4v) is 2.69. The highest BCUT2D eigenvalue weighted by Crippen LogP contribution is 2.27. The van der Waals surface area contributed by atoms with E-state index in [9.17, 15) is 9.90 Å². The highest BCUT2D eigenvalue weighted by Gasteiger charge is 2.28. The molecule has 4 nitrogen and oxygen atoms in total. The Kier molecular flexibility index (Phi) is 7.43. The topological polar surface area (TPSA) is 55.8 Å². The normalized spacial score (nSPS) is 13.3. The quantitative estimate of drug-likeness (QED) is 0.546. The summed E-state index contributed by atoms with van der Waals surface area (Å²) in [5, 5.41) is 10.5. The molecule has 0 saturated heterocycles. The van der Waals surface area contributed by atoms with Crippen molar-refractivity contribution in [3.05, 3.63) is 70.2 Å². The highest BCUT2D eigenvalue weighted by molar-refractivity contribution is 9.10. The Bertz CT molecular complexity index is 628. The Morgan fingerprint density at radius 1 is 1.12 bits per heavy atom. The summed E-state index contributed by atoms with van der Waals surface area (Å²) in [5.41, 5.74) is 1.75. The monoisotopic (exact) mass is 392 g/mol. The Labute approximate surface area is 150 Å². The average molecular weight is 393 g/mol. The number of ether oxygens (including phenoxy) is 2. The van der Waals surface area contributed by atoms with Crippen LogP contribution in [0.25, 0.3) is 0 Å². The number of halogens is 1. The van der Waals surface area contributed by atoms with Gasteiger partial charge in [0.15, 0.2) is 0 Å².